The van der Waals surface area contributed by atoms with Gasteiger partial charge in [0.25, 0.3) is 0 Å². The van der Waals surface area contributed by atoms with Crippen LogP contribution in [0.15, 0.2) is 53.9 Å². The minimum absolute atomic E-state index is 0.00261. The van der Waals surface area contributed by atoms with Crippen molar-refractivity contribution in [2.24, 2.45) is 0 Å². The maximum atomic E-state index is 12.5. The Kier molecular flexibility index (Phi) is 7.11. The minimum atomic E-state index is -0.704. The molecule has 1 heterocycles. The van der Waals surface area contributed by atoms with E-state index in [9.17, 15) is 14.4 Å². The molecule has 0 saturated heterocycles. The van der Waals surface area contributed by atoms with Crippen LogP contribution >= 0.6 is 0 Å². The molecule has 0 aliphatic carbocycles. The first kappa shape index (κ1) is 20.9. The van der Waals surface area contributed by atoms with Gasteiger partial charge in [0, 0.05) is 19.0 Å². The molecule has 0 saturated carbocycles. The quantitative estimate of drug-likeness (QED) is 0.748. The van der Waals surface area contributed by atoms with Crippen LogP contribution in [0.25, 0.3) is 0 Å². The first-order valence-corrected chi connectivity index (χ1v) is 8.38. The molecular weight excluding hydrogens is 364 g/mol. The van der Waals surface area contributed by atoms with Gasteiger partial charge < -0.3 is 24.4 Å². The van der Waals surface area contributed by atoms with E-state index in [0.717, 1.165) is 0 Å². The Morgan fingerprint density at radius 2 is 1.75 bits per heavy atom. The van der Waals surface area contributed by atoms with Gasteiger partial charge in [-0.25, -0.2) is 9.59 Å². The lowest BCUT2D eigenvalue weighted by molar-refractivity contribution is -0.139. The number of hydrogen-bond donors (Lipinski definition) is 1. The van der Waals surface area contributed by atoms with Crippen molar-refractivity contribution < 1.29 is 28.6 Å². The summed E-state index contributed by atoms with van der Waals surface area (Å²) < 4.78 is 14.5. The highest BCUT2D eigenvalue weighted by Gasteiger charge is 2.28. The Bertz CT molecular complexity index is 869. The molecule has 0 bridgehead atoms. The van der Waals surface area contributed by atoms with E-state index in [4.69, 9.17) is 14.2 Å². The number of ether oxygens (including phenoxy) is 3. The molecule has 0 radical (unpaired) electrons. The normalized spacial score (nSPS) is 13.2. The average Bonchev–Trinajstić information content (AvgIpc) is 2.91. The predicted molar refractivity (Wildman–Crippen MR) is 104 cm³/mol. The van der Waals surface area contributed by atoms with Crippen molar-refractivity contribution in [3.8, 4) is 0 Å². The lowest BCUT2D eigenvalue weighted by Crippen LogP contribution is -2.27. The van der Waals surface area contributed by atoms with Crippen LogP contribution in [0.2, 0.25) is 0 Å². The van der Waals surface area contributed by atoms with Crippen LogP contribution in [0, 0.1) is 6.92 Å². The molecule has 28 heavy (non-hydrogen) atoms. The summed E-state index contributed by atoms with van der Waals surface area (Å²) in [5.74, 6) is -1.69. The molecule has 8 nitrogen and oxygen atoms in total. The summed E-state index contributed by atoms with van der Waals surface area (Å²) in [7, 11) is 3.90. The number of methoxy groups -OCH3 is 3. The second kappa shape index (κ2) is 9.52. The zero-order valence-electron chi connectivity index (χ0n) is 16.1. The third-order valence-corrected chi connectivity index (χ3v) is 4.00. The first-order valence-electron chi connectivity index (χ1n) is 8.38. The van der Waals surface area contributed by atoms with E-state index in [1.54, 1.807) is 43.5 Å². The molecule has 2 rings (SSSR count). The standard InChI is InChI=1S/C20H22N2O6/c1-13-15(21-17(23)12-26-2)9-7-10-16(13)22-11-6-5-8-14(19(24)27-3)18(22)20(25)28-4/h5-11H,12H2,1-4H3,(H,21,23). The number of rotatable bonds is 6. The van der Waals surface area contributed by atoms with Crippen LogP contribution in [0.1, 0.15) is 5.56 Å². The van der Waals surface area contributed by atoms with E-state index < -0.39 is 11.9 Å². The predicted octanol–water partition coefficient (Wildman–Crippen LogP) is 2.07. The average molecular weight is 386 g/mol. The summed E-state index contributed by atoms with van der Waals surface area (Å²) in [6, 6.07) is 5.22. The third-order valence-electron chi connectivity index (χ3n) is 4.00. The van der Waals surface area contributed by atoms with E-state index in [0.29, 0.717) is 16.9 Å². The van der Waals surface area contributed by atoms with Gasteiger partial charge in [0.05, 0.1) is 25.5 Å². The minimum Gasteiger partial charge on any atom is -0.465 e. The fourth-order valence-electron chi connectivity index (χ4n) is 2.69. The van der Waals surface area contributed by atoms with Crippen molar-refractivity contribution in [3.63, 3.8) is 0 Å². The zero-order valence-corrected chi connectivity index (χ0v) is 16.1. The smallest absolute Gasteiger partial charge is 0.355 e. The Balaban J connectivity index is 2.59. The monoisotopic (exact) mass is 386 g/mol. The lowest BCUT2D eigenvalue weighted by Gasteiger charge is -2.25. The fourth-order valence-corrected chi connectivity index (χ4v) is 2.69. The van der Waals surface area contributed by atoms with E-state index in [2.05, 4.69) is 5.32 Å². The Hall–Kier alpha value is -3.39. The van der Waals surface area contributed by atoms with E-state index in [1.165, 1.54) is 32.3 Å². The summed E-state index contributed by atoms with van der Waals surface area (Å²) >= 11 is 0. The summed E-state index contributed by atoms with van der Waals surface area (Å²) in [6.07, 6.45) is 6.40. The molecule has 0 unspecified atom stereocenters. The topological polar surface area (TPSA) is 94.2 Å². The largest absolute Gasteiger partial charge is 0.465 e. The van der Waals surface area contributed by atoms with E-state index in [-0.39, 0.29) is 23.8 Å². The number of nitrogens with zero attached hydrogens (tertiary/aromatic N) is 1. The highest BCUT2D eigenvalue weighted by Crippen LogP contribution is 2.32. The first-order chi connectivity index (χ1) is 13.4. The molecule has 1 aromatic rings. The van der Waals surface area contributed by atoms with Gasteiger partial charge in [0.15, 0.2) is 0 Å². The van der Waals surface area contributed by atoms with Crippen LogP contribution in [0.4, 0.5) is 11.4 Å². The van der Waals surface area contributed by atoms with Crippen molar-refractivity contribution in [3.05, 3.63) is 59.5 Å². The summed E-state index contributed by atoms with van der Waals surface area (Å²) in [5, 5.41) is 2.76. The van der Waals surface area contributed by atoms with Crippen molar-refractivity contribution >= 4 is 29.2 Å². The molecule has 0 spiro atoms. The van der Waals surface area contributed by atoms with Gasteiger partial charge in [-0.2, -0.15) is 0 Å². The number of carbonyl (C=O) groups is 3. The molecule has 0 fully saturated rings. The van der Waals surface area contributed by atoms with Gasteiger partial charge in [-0.05, 0) is 36.8 Å². The van der Waals surface area contributed by atoms with Crippen molar-refractivity contribution in [1.82, 2.24) is 0 Å². The third kappa shape index (κ3) is 4.47. The SMILES string of the molecule is COCC(=O)Nc1cccc(N2C=CC=CC(C(=O)OC)=C2C(=O)OC)c1C. The molecule has 8 heteroatoms. The molecule has 1 aliphatic rings. The number of nitrogens with one attached hydrogen (secondary N) is 1. The zero-order chi connectivity index (χ0) is 20.7. The Labute approximate surface area is 163 Å². The molecular formula is C20H22N2O6. The van der Waals surface area contributed by atoms with Crippen molar-refractivity contribution in [2.45, 2.75) is 6.92 Å². The highest BCUT2D eigenvalue weighted by molar-refractivity contribution is 6.06. The van der Waals surface area contributed by atoms with Gasteiger partial charge in [-0.1, -0.05) is 12.1 Å². The van der Waals surface area contributed by atoms with Crippen LogP contribution in [0.3, 0.4) is 0 Å². The van der Waals surface area contributed by atoms with E-state index >= 15 is 0 Å². The molecule has 148 valence electrons. The van der Waals surface area contributed by atoms with Gasteiger partial charge in [0.1, 0.15) is 12.3 Å². The molecule has 1 aromatic carbocycles. The maximum Gasteiger partial charge on any atom is 0.355 e. The van der Waals surface area contributed by atoms with Crippen molar-refractivity contribution in [2.75, 3.05) is 38.2 Å². The number of esters is 2. The number of amides is 1. The Morgan fingerprint density at radius 1 is 1.04 bits per heavy atom. The van der Waals surface area contributed by atoms with Crippen LogP contribution in [-0.2, 0) is 28.6 Å². The van der Waals surface area contributed by atoms with Gasteiger partial charge in [-0.3, -0.25) is 4.79 Å². The lowest BCUT2D eigenvalue weighted by atomic mass is 10.1. The molecule has 1 N–H and O–H groups in total. The molecule has 1 aliphatic heterocycles. The Morgan fingerprint density at radius 3 is 2.39 bits per heavy atom. The van der Waals surface area contributed by atoms with Crippen LogP contribution in [0.5, 0.6) is 0 Å². The molecule has 1 amide bonds. The number of benzene rings is 1. The van der Waals surface area contributed by atoms with Gasteiger partial charge >= 0.3 is 11.9 Å². The number of anilines is 2. The number of allylic oxidation sites excluding steroid dienone is 2. The fraction of sp³-hybridized carbons (Fsp3) is 0.250. The van der Waals surface area contributed by atoms with Gasteiger partial charge in [0.2, 0.25) is 5.91 Å². The second-order valence-corrected chi connectivity index (χ2v) is 5.75. The van der Waals surface area contributed by atoms with Crippen LogP contribution in [-0.4, -0.2) is 45.8 Å². The summed E-state index contributed by atoms with van der Waals surface area (Å²) in [4.78, 5) is 38.2. The van der Waals surface area contributed by atoms with E-state index in [1.807, 2.05) is 0 Å². The van der Waals surface area contributed by atoms with Crippen molar-refractivity contribution in [1.29, 1.82) is 0 Å². The summed E-state index contributed by atoms with van der Waals surface area (Å²) in [5.41, 5.74) is 1.87. The number of hydrogen-bond acceptors (Lipinski definition) is 7. The molecule has 0 atom stereocenters. The number of carbonyl (C=O) groups excluding carboxylic acids is 3. The molecule has 0 aromatic heterocycles. The van der Waals surface area contributed by atoms with Crippen LogP contribution < -0.4 is 10.2 Å². The second-order valence-electron chi connectivity index (χ2n) is 5.75. The maximum absolute atomic E-state index is 12.5. The summed E-state index contributed by atoms with van der Waals surface area (Å²) in [6.45, 7) is 1.70. The highest BCUT2D eigenvalue weighted by atomic mass is 16.5. The van der Waals surface area contributed by atoms with Gasteiger partial charge in [-0.15, -0.1) is 0 Å².